The summed E-state index contributed by atoms with van der Waals surface area (Å²) in [5.74, 6) is -0.0355. The molecule has 33 heavy (non-hydrogen) atoms. The van der Waals surface area contributed by atoms with Gasteiger partial charge in [-0.2, -0.15) is 0 Å². The van der Waals surface area contributed by atoms with Gasteiger partial charge in [0.25, 0.3) is 0 Å². The zero-order valence-electron chi connectivity index (χ0n) is 18.8. The average Bonchev–Trinajstić information content (AvgIpc) is 3.21. The van der Waals surface area contributed by atoms with Crippen molar-refractivity contribution >= 4 is 28.9 Å². The maximum Gasteiger partial charge on any atom is 0.338 e. The lowest BCUT2D eigenvalue weighted by atomic mass is 9.93. The first kappa shape index (κ1) is 21.2. The smallest absolute Gasteiger partial charge is 0.338 e. The van der Waals surface area contributed by atoms with Gasteiger partial charge in [0.2, 0.25) is 5.95 Å². The molecule has 2 aliphatic rings. The topological polar surface area (TPSA) is 82.5 Å². The van der Waals surface area contributed by atoms with E-state index in [1.807, 2.05) is 47.9 Å². The molecule has 1 aromatic heterocycles. The number of allylic oxidation sites excluding steroid dienone is 1. The minimum absolute atomic E-state index is 0.0465. The Hall–Kier alpha value is -3.61. The van der Waals surface area contributed by atoms with Gasteiger partial charge >= 0.3 is 11.9 Å². The van der Waals surface area contributed by atoms with Crippen LogP contribution >= 0.6 is 0 Å². The first-order chi connectivity index (χ1) is 16.1. The van der Waals surface area contributed by atoms with E-state index in [0.29, 0.717) is 17.1 Å². The number of imidazole rings is 1. The molecule has 170 valence electrons. The largest absolute Gasteiger partial charge is 0.465 e. The summed E-state index contributed by atoms with van der Waals surface area (Å²) in [4.78, 5) is 30.2. The van der Waals surface area contributed by atoms with Crippen LogP contribution in [0, 0.1) is 0 Å². The number of benzene rings is 2. The van der Waals surface area contributed by atoms with E-state index in [0.717, 1.165) is 48.0 Å². The molecule has 7 nitrogen and oxygen atoms in total. The fourth-order valence-electron chi connectivity index (χ4n) is 4.86. The number of esters is 2. The molecule has 0 amide bonds. The van der Waals surface area contributed by atoms with E-state index in [9.17, 15) is 9.59 Å². The number of fused-ring (bicyclic) bond motifs is 3. The maximum atomic E-state index is 13.5. The number of hydrogen-bond donors (Lipinski definition) is 1. The normalized spacial score (nSPS) is 18.5. The molecule has 1 atom stereocenters. The molecule has 0 spiro atoms. The highest BCUT2D eigenvalue weighted by molar-refractivity contribution is 5.94. The van der Waals surface area contributed by atoms with Gasteiger partial charge in [0.05, 0.1) is 35.3 Å². The molecule has 1 aliphatic heterocycles. The van der Waals surface area contributed by atoms with Crippen LogP contribution in [0.3, 0.4) is 0 Å². The van der Waals surface area contributed by atoms with Crippen molar-refractivity contribution in [1.29, 1.82) is 0 Å². The van der Waals surface area contributed by atoms with Crippen LogP contribution in [-0.4, -0.2) is 34.7 Å². The molecule has 1 fully saturated rings. The van der Waals surface area contributed by atoms with Gasteiger partial charge in [-0.1, -0.05) is 30.7 Å². The molecule has 2 heterocycles. The van der Waals surface area contributed by atoms with Gasteiger partial charge in [0, 0.05) is 5.70 Å². The van der Waals surface area contributed by atoms with Crippen LogP contribution in [0.5, 0.6) is 0 Å². The van der Waals surface area contributed by atoms with Gasteiger partial charge in [-0.25, -0.2) is 14.6 Å². The second-order valence-electron chi connectivity index (χ2n) is 8.64. The van der Waals surface area contributed by atoms with E-state index in [4.69, 9.17) is 14.5 Å². The van der Waals surface area contributed by atoms with Crippen LogP contribution in [0.2, 0.25) is 0 Å². The Kier molecular flexibility index (Phi) is 5.62. The zero-order chi connectivity index (χ0) is 22.9. The molecule has 7 heteroatoms. The summed E-state index contributed by atoms with van der Waals surface area (Å²) < 4.78 is 12.9. The lowest BCUT2D eigenvalue weighted by molar-refractivity contribution is -0.146. The average molecular weight is 446 g/mol. The molecule has 0 radical (unpaired) electrons. The summed E-state index contributed by atoms with van der Waals surface area (Å²) in [6.07, 6.45) is 5.13. The van der Waals surface area contributed by atoms with E-state index >= 15 is 0 Å². The third kappa shape index (κ3) is 3.88. The summed E-state index contributed by atoms with van der Waals surface area (Å²) in [6, 6.07) is 14.6. The van der Waals surface area contributed by atoms with Crippen molar-refractivity contribution in [1.82, 2.24) is 9.55 Å². The number of carbonyl (C=O) groups is 2. The van der Waals surface area contributed by atoms with Crippen molar-refractivity contribution in [2.24, 2.45) is 0 Å². The van der Waals surface area contributed by atoms with Crippen molar-refractivity contribution in [3.8, 4) is 0 Å². The van der Waals surface area contributed by atoms with Crippen molar-refractivity contribution in [3.05, 3.63) is 70.9 Å². The van der Waals surface area contributed by atoms with Crippen LogP contribution in [0.1, 0.15) is 61.0 Å². The Morgan fingerprint density at radius 3 is 2.45 bits per heavy atom. The third-order valence-corrected chi connectivity index (χ3v) is 6.52. The van der Waals surface area contributed by atoms with Crippen molar-refractivity contribution in [3.63, 3.8) is 0 Å². The van der Waals surface area contributed by atoms with Gasteiger partial charge in [-0.3, -0.25) is 4.57 Å². The van der Waals surface area contributed by atoms with Crippen LogP contribution in [0.25, 0.3) is 11.0 Å². The minimum atomic E-state index is -0.434. The number of rotatable bonds is 4. The molecule has 0 saturated heterocycles. The summed E-state index contributed by atoms with van der Waals surface area (Å²) in [7, 11) is 1.36. The lowest BCUT2D eigenvalue weighted by Crippen LogP contribution is -2.31. The number of ether oxygens (including phenoxy) is 2. The standard InChI is InChI=1S/C26H27N3O4/c1-16-22(25(31)33-19-8-4-3-5-9-19)23(17-12-14-18(15-13-17)24(30)32-2)29-21-11-7-6-10-20(21)28-26(29)27-16/h6-7,10-15,19,23H,3-5,8-9H2,1-2H3,(H,27,28). The monoisotopic (exact) mass is 445 g/mol. The fourth-order valence-corrected chi connectivity index (χ4v) is 4.86. The van der Waals surface area contributed by atoms with Crippen LogP contribution in [-0.2, 0) is 14.3 Å². The number of methoxy groups -OCH3 is 1. The molecule has 2 aromatic carbocycles. The highest BCUT2D eigenvalue weighted by Gasteiger charge is 2.36. The molecular formula is C26H27N3O4. The molecule has 5 rings (SSSR count). The van der Waals surface area contributed by atoms with Gasteiger partial charge < -0.3 is 14.8 Å². The molecule has 3 aromatic rings. The molecule has 1 aliphatic carbocycles. The molecular weight excluding hydrogens is 418 g/mol. The Labute approximate surface area is 192 Å². The SMILES string of the molecule is COC(=O)c1ccc(C2C(C(=O)OC3CCCCC3)=C(C)Nc3nc4ccccc4n32)cc1. The molecule has 0 bridgehead atoms. The minimum Gasteiger partial charge on any atom is -0.465 e. The van der Waals surface area contributed by atoms with Gasteiger partial charge in [-0.15, -0.1) is 0 Å². The van der Waals surface area contributed by atoms with Crippen LogP contribution in [0.4, 0.5) is 5.95 Å². The zero-order valence-corrected chi connectivity index (χ0v) is 18.8. The van der Waals surface area contributed by atoms with Gasteiger partial charge in [-0.05, 0) is 62.4 Å². The lowest BCUT2D eigenvalue weighted by Gasteiger charge is -2.31. The number of aromatic nitrogens is 2. The van der Waals surface area contributed by atoms with E-state index in [1.165, 1.54) is 13.5 Å². The van der Waals surface area contributed by atoms with Gasteiger partial charge in [0.1, 0.15) is 6.10 Å². The Morgan fingerprint density at radius 2 is 1.73 bits per heavy atom. The summed E-state index contributed by atoms with van der Waals surface area (Å²) >= 11 is 0. The second-order valence-corrected chi connectivity index (χ2v) is 8.64. The number of nitrogens with zero attached hydrogens (tertiary/aromatic N) is 2. The van der Waals surface area contributed by atoms with E-state index in [1.54, 1.807) is 12.1 Å². The third-order valence-electron chi connectivity index (χ3n) is 6.52. The predicted octanol–water partition coefficient (Wildman–Crippen LogP) is 4.99. The number of carbonyl (C=O) groups excluding carboxylic acids is 2. The highest BCUT2D eigenvalue weighted by Crippen LogP contribution is 2.40. The Morgan fingerprint density at radius 1 is 1.00 bits per heavy atom. The Bertz CT molecular complexity index is 1240. The van der Waals surface area contributed by atoms with Crippen LogP contribution < -0.4 is 5.32 Å². The highest BCUT2D eigenvalue weighted by atomic mass is 16.5. The van der Waals surface area contributed by atoms with E-state index in [-0.39, 0.29) is 12.1 Å². The number of para-hydroxylation sites is 2. The first-order valence-corrected chi connectivity index (χ1v) is 11.4. The quantitative estimate of drug-likeness (QED) is 0.570. The van der Waals surface area contributed by atoms with Crippen molar-refractivity contribution in [2.45, 2.75) is 51.2 Å². The maximum absolute atomic E-state index is 13.5. The Balaban J connectivity index is 1.60. The van der Waals surface area contributed by atoms with Crippen molar-refractivity contribution in [2.75, 3.05) is 12.4 Å². The summed E-state index contributed by atoms with van der Waals surface area (Å²) in [5.41, 5.74) is 4.35. The summed E-state index contributed by atoms with van der Waals surface area (Å²) in [6.45, 7) is 1.89. The second kappa shape index (κ2) is 8.73. The molecule has 1 saturated carbocycles. The van der Waals surface area contributed by atoms with Crippen LogP contribution in [0.15, 0.2) is 59.8 Å². The first-order valence-electron chi connectivity index (χ1n) is 11.4. The van der Waals surface area contributed by atoms with E-state index < -0.39 is 12.0 Å². The number of nitrogens with one attached hydrogen (secondary N) is 1. The van der Waals surface area contributed by atoms with Crippen molar-refractivity contribution < 1.29 is 19.1 Å². The predicted molar refractivity (Wildman–Crippen MR) is 125 cm³/mol. The van der Waals surface area contributed by atoms with E-state index in [2.05, 4.69) is 5.32 Å². The van der Waals surface area contributed by atoms with Gasteiger partial charge in [0.15, 0.2) is 0 Å². The molecule has 1 N–H and O–H groups in total. The molecule has 1 unspecified atom stereocenters. The number of hydrogen-bond acceptors (Lipinski definition) is 6. The fraction of sp³-hybridized carbons (Fsp3) is 0.346. The number of anilines is 1. The summed E-state index contributed by atoms with van der Waals surface area (Å²) in [5, 5.41) is 3.31.